The molecule has 1 aromatic heterocycles. The summed E-state index contributed by atoms with van der Waals surface area (Å²) >= 11 is 5.73. The standard InChI is InChI=1S/C9H13ClN6/c1-13-15-16(2)9(12)4-8-7(11)3-6(10)5-14-8/h3,5,12H,4,11H2,1-2H3. The van der Waals surface area contributed by atoms with Gasteiger partial charge in [-0.1, -0.05) is 16.8 Å². The zero-order chi connectivity index (χ0) is 12.1. The molecule has 0 saturated heterocycles. The number of rotatable bonds is 3. The first-order valence-electron chi connectivity index (χ1n) is 4.55. The van der Waals surface area contributed by atoms with E-state index in [0.29, 0.717) is 22.8 Å². The molecule has 0 atom stereocenters. The zero-order valence-electron chi connectivity index (χ0n) is 9.11. The van der Waals surface area contributed by atoms with Crippen molar-refractivity contribution in [3.63, 3.8) is 0 Å². The highest BCUT2D eigenvalue weighted by Crippen LogP contribution is 2.16. The minimum atomic E-state index is 0.257. The molecular weight excluding hydrogens is 228 g/mol. The number of nitrogen functional groups attached to an aromatic ring is 1. The summed E-state index contributed by atoms with van der Waals surface area (Å²) in [6.45, 7) is 0. The number of nitrogens with one attached hydrogen (secondary N) is 1. The molecule has 0 unspecified atom stereocenters. The van der Waals surface area contributed by atoms with Gasteiger partial charge >= 0.3 is 0 Å². The van der Waals surface area contributed by atoms with E-state index in [4.69, 9.17) is 22.7 Å². The molecule has 0 amide bonds. The molecule has 16 heavy (non-hydrogen) atoms. The highest BCUT2D eigenvalue weighted by Gasteiger charge is 2.08. The fourth-order valence-corrected chi connectivity index (χ4v) is 1.26. The van der Waals surface area contributed by atoms with Gasteiger partial charge in [0.2, 0.25) is 0 Å². The van der Waals surface area contributed by atoms with Gasteiger partial charge in [-0.05, 0) is 6.07 Å². The van der Waals surface area contributed by atoms with Gasteiger partial charge in [0.15, 0.2) is 0 Å². The molecule has 86 valence electrons. The number of anilines is 1. The van der Waals surface area contributed by atoms with Crippen molar-refractivity contribution >= 4 is 23.1 Å². The summed E-state index contributed by atoms with van der Waals surface area (Å²) in [5.74, 6) is 0.257. The van der Waals surface area contributed by atoms with E-state index in [2.05, 4.69) is 15.3 Å². The average molecular weight is 241 g/mol. The minimum Gasteiger partial charge on any atom is -0.397 e. The van der Waals surface area contributed by atoms with Crippen LogP contribution >= 0.6 is 11.6 Å². The predicted molar refractivity (Wildman–Crippen MR) is 63.6 cm³/mol. The Morgan fingerprint density at radius 1 is 1.69 bits per heavy atom. The minimum absolute atomic E-state index is 0.257. The van der Waals surface area contributed by atoms with Crippen LogP contribution in [0.4, 0.5) is 5.69 Å². The second-order valence-corrected chi connectivity index (χ2v) is 3.56. The van der Waals surface area contributed by atoms with E-state index in [1.807, 2.05) is 0 Å². The van der Waals surface area contributed by atoms with Crippen LogP contribution < -0.4 is 5.73 Å². The number of likely N-dealkylation sites (N-methyl/N-ethyl adjacent to an activating group) is 1. The summed E-state index contributed by atoms with van der Waals surface area (Å²) in [7, 11) is 3.18. The van der Waals surface area contributed by atoms with E-state index in [1.54, 1.807) is 20.2 Å². The number of nitrogens with zero attached hydrogens (tertiary/aromatic N) is 4. The van der Waals surface area contributed by atoms with Crippen LogP contribution in [0.25, 0.3) is 0 Å². The molecule has 7 heteroatoms. The Balaban J connectivity index is 2.77. The SMILES string of the molecule is CN=NN(C)C(=N)Cc1ncc(Cl)cc1N. The van der Waals surface area contributed by atoms with Gasteiger partial charge in [0.1, 0.15) is 5.84 Å². The predicted octanol–water partition coefficient (Wildman–Crippen LogP) is 1.77. The van der Waals surface area contributed by atoms with Crippen molar-refractivity contribution in [2.45, 2.75) is 6.42 Å². The maximum atomic E-state index is 7.73. The molecule has 0 radical (unpaired) electrons. The van der Waals surface area contributed by atoms with Gasteiger partial charge < -0.3 is 5.73 Å². The van der Waals surface area contributed by atoms with Crippen LogP contribution in [0.15, 0.2) is 22.6 Å². The van der Waals surface area contributed by atoms with Crippen LogP contribution in [0.1, 0.15) is 5.69 Å². The molecule has 0 spiro atoms. The van der Waals surface area contributed by atoms with E-state index in [-0.39, 0.29) is 5.84 Å². The Labute approximate surface area is 98.6 Å². The topological polar surface area (TPSA) is 90.7 Å². The molecule has 0 aliphatic heterocycles. The van der Waals surface area contributed by atoms with E-state index >= 15 is 0 Å². The molecule has 0 aliphatic carbocycles. The number of amidine groups is 1. The first kappa shape index (κ1) is 12.4. The lowest BCUT2D eigenvalue weighted by atomic mass is 10.2. The van der Waals surface area contributed by atoms with Crippen molar-refractivity contribution in [1.82, 2.24) is 9.99 Å². The highest BCUT2D eigenvalue weighted by molar-refractivity contribution is 6.30. The maximum Gasteiger partial charge on any atom is 0.124 e. The quantitative estimate of drug-likeness (QED) is 0.365. The maximum absolute atomic E-state index is 7.73. The van der Waals surface area contributed by atoms with Crippen LogP contribution in [0.5, 0.6) is 0 Å². The van der Waals surface area contributed by atoms with E-state index in [1.165, 1.54) is 11.2 Å². The molecule has 3 N–H and O–H groups in total. The lowest BCUT2D eigenvalue weighted by Crippen LogP contribution is -2.22. The number of hydrogen-bond acceptors (Lipinski definition) is 5. The van der Waals surface area contributed by atoms with Gasteiger partial charge in [-0.25, -0.2) is 5.01 Å². The van der Waals surface area contributed by atoms with Crippen molar-refractivity contribution in [3.05, 3.63) is 23.0 Å². The largest absolute Gasteiger partial charge is 0.397 e. The smallest absolute Gasteiger partial charge is 0.124 e. The summed E-state index contributed by atoms with van der Waals surface area (Å²) in [4.78, 5) is 4.06. The van der Waals surface area contributed by atoms with Crippen molar-refractivity contribution in [2.24, 2.45) is 10.3 Å². The third kappa shape index (κ3) is 3.16. The Morgan fingerprint density at radius 2 is 2.38 bits per heavy atom. The summed E-state index contributed by atoms with van der Waals surface area (Å²) in [5, 5.41) is 16.8. The summed E-state index contributed by atoms with van der Waals surface area (Å²) in [6.07, 6.45) is 1.79. The van der Waals surface area contributed by atoms with Crippen LogP contribution in [0, 0.1) is 5.41 Å². The van der Waals surface area contributed by atoms with Crippen molar-refractivity contribution in [3.8, 4) is 0 Å². The second-order valence-electron chi connectivity index (χ2n) is 3.13. The molecule has 1 rings (SSSR count). The van der Waals surface area contributed by atoms with Crippen LogP contribution in [0.2, 0.25) is 5.02 Å². The molecule has 1 heterocycles. The lowest BCUT2D eigenvalue weighted by molar-refractivity contribution is 0.489. The Hall–Kier alpha value is -1.69. The van der Waals surface area contributed by atoms with Gasteiger partial charge in [-0.15, -0.1) is 0 Å². The fraction of sp³-hybridized carbons (Fsp3) is 0.333. The number of halogens is 1. The van der Waals surface area contributed by atoms with Crippen molar-refractivity contribution in [1.29, 1.82) is 5.41 Å². The first-order chi connectivity index (χ1) is 7.54. The molecule has 0 aromatic carbocycles. The van der Waals surface area contributed by atoms with Crippen molar-refractivity contribution < 1.29 is 0 Å². The van der Waals surface area contributed by atoms with E-state index in [0.717, 1.165) is 0 Å². The lowest BCUT2D eigenvalue weighted by Gasteiger charge is -2.12. The number of pyridine rings is 1. The number of nitrogens with two attached hydrogens (primary N) is 1. The summed E-state index contributed by atoms with van der Waals surface area (Å²) in [6, 6.07) is 1.61. The van der Waals surface area contributed by atoms with Crippen LogP contribution in [-0.4, -0.2) is 29.9 Å². The third-order valence-electron chi connectivity index (χ3n) is 1.92. The average Bonchev–Trinajstić information content (AvgIpc) is 2.22. The van der Waals surface area contributed by atoms with Gasteiger partial charge in [-0.2, -0.15) is 5.11 Å². The van der Waals surface area contributed by atoms with Crippen LogP contribution in [-0.2, 0) is 6.42 Å². The van der Waals surface area contributed by atoms with Gasteiger partial charge in [0, 0.05) is 13.2 Å². The van der Waals surface area contributed by atoms with Crippen LogP contribution in [0.3, 0.4) is 0 Å². The molecule has 0 saturated carbocycles. The first-order valence-corrected chi connectivity index (χ1v) is 4.93. The third-order valence-corrected chi connectivity index (χ3v) is 2.13. The monoisotopic (exact) mass is 240 g/mol. The number of aromatic nitrogens is 1. The molecule has 1 aromatic rings. The van der Waals surface area contributed by atoms with E-state index < -0.39 is 0 Å². The molecule has 0 aliphatic rings. The second kappa shape index (κ2) is 5.41. The van der Waals surface area contributed by atoms with Gasteiger partial charge in [-0.3, -0.25) is 10.4 Å². The molecular formula is C9H13ClN6. The molecule has 0 bridgehead atoms. The summed E-state index contributed by atoms with van der Waals surface area (Å²) < 4.78 is 0. The van der Waals surface area contributed by atoms with Gasteiger partial charge in [0.05, 0.1) is 29.9 Å². The van der Waals surface area contributed by atoms with E-state index in [9.17, 15) is 0 Å². The number of hydrogen-bond donors (Lipinski definition) is 2. The Morgan fingerprint density at radius 3 is 2.94 bits per heavy atom. The molecule has 6 nitrogen and oxygen atoms in total. The summed E-state index contributed by atoms with van der Waals surface area (Å²) in [5.41, 5.74) is 6.80. The Bertz CT molecular complexity index is 416. The molecule has 0 fully saturated rings. The normalized spacial score (nSPS) is 10.7. The van der Waals surface area contributed by atoms with Crippen molar-refractivity contribution in [2.75, 3.05) is 19.8 Å². The highest BCUT2D eigenvalue weighted by atomic mass is 35.5. The van der Waals surface area contributed by atoms with Gasteiger partial charge in [0.25, 0.3) is 0 Å². The zero-order valence-corrected chi connectivity index (χ0v) is 9.86. The Kier molecular flexibility index (Phi) is 4.19. The fourth-order valence-electron chi connectivity index (χ4n) is 1.09.